The molecule has 5 rings (SSSR count). The second-order valence-electron chi connectivity index (χ2n) is 11.1. The molecular formula is C42H57Cl3N2O2. The molecule has 3 atom stereocenters. The number of halogens is 3. The van der Waals surface area contributed by atoms with Crippen LogP contribution in [-0.4, -0.2) is 41.1 Å². The predicted molar refractivity (Wildman–Crippen MR) is 215 cm³/mol. The number of allylic oxidation sites excluding steroid dienone is 6. The van der Waals surface area contributed by atoms with Gasteiger partial charge in [-0.3, -0.25) is 9.59 Å². The van der Waals surface area contributed by atoms with E-state index in [0.717, 1.165) is 65.0 Å². The fourth-order valence-electron chi connectivity index (χ4n) is 4.75. The summed E-state index contributed by atoms with van der Waals surface area (Å²) in [5.74, 6) is 0.501. The summed E-state index contributed by atoms with van der Waals surface area (Å²) in [4.78, 5) is 25.7. The standard InChI is InChI=1S/C19H20ClNO2.C11H14Cl2.C6H6.C4H11N.C2H6/c1-4-13-7-12(6-11(3)18(13)20)8-15-17-9-16(21(17)10-22)14(5-2)19(15)23;1-3-5-6-8-11(13)10(9-12)7-4-2;1-2-4-6-5-3-1;1-3-4(2)5;1-2/h5-8,10,16-17H,4,9H2,1-3H3;3,5-7H,4,9H2,1-2H3;1-6H;4H,3,5H2,1-2H3;1-2H3/b14-5+,15-8+;5-3-,10-7-;;;/t;;;4-;/m...1./s1. The molecule has 2 aliphatic heterocycles. The van der Waals surface area contributed by atoms with E-state index in [0.29, 0.717) is 22.5 Å². The van der Waals surface area contributed by atoms with Crippen LogP contribution in [0.1, 0.15) is 91.3 Å². The molecule has 2 heterocycles. The Morgan fingerprint density at radius 3 is 2.02 bits per heavy atom. The molecule has 3 aliphatic rings. The molecular weight excluding hydrogens is 671 g/mol. The maximum Gasteiger partial charge on any atom is 0.210 e. The third-order valence-corrected chi connectivity index (χ3v) is 8.76. The van der Waals surface area contributed by atoms with Crippen LogP contribution >= 0.6 is 34.8 Å². The number of Topliss-reactive ketones (excluding diaryl/α,β-unsaturated/α-hetero) is 1. The molecule has 49 heavy (non-hydrogen) atoms. The van der Waals surface area contributed by atoms with Crippen LogP contribution in [0.15, 0.2) is 106 Å². The van der Waals surface area contributed by atoms with Gasteiger partial charge in [0.25, 0.3) is 0 Å². The maximum atomic E-state index is 12.7. The van der Waals surface area contributed by atoms with Crippen molar-refractivity contribution in [3.63, 3.8) is 0 Å². The van der Waals surface area contributed by atoms with Gasteiger partial charge in [-0.15, -0.1) is 17.3 Å². The van der Waals surface area contributed by atoms with Crippen molar-refractivity contribution < 1.29 is 9.59 Å². The molecule has 3 fully saturated rings. The summed E-state index contributed by atoms with van der Waals surface area (Å²) in [6.07, 6.45) is 15.9. The van der Waals surface area contributed by atoms with Gasteiger partial charge in [-0.1, -0.05) is 131 Å². The molecule has 0 radical (unpaired) electrons. The highest BCUT2D eigenvalue weighted by Crippen LogP contribution is 2.42. The van der Waals surface area contributed by atoms with E-state index in [1.54, 1.807) is 11.0 Å². The second kappa shape index (κ2) is 26.7. The van der Waals surface area contributed by atoms with E-state index in [9.17, 15) is 9.59 Å². The fraction of sp³-hybridized carbons (Fsp3) is 0.405. The molecule has 7 heteroatoms. The highest BCUT2D eigenvalue weighted by Gasteiger charge is 2.50. The lowest BCUT2D eigenvalue weighted by atomic mass is 9.72. The molecule has 2 saturated heterocycles. The minimum absolute atomic E-state index is 0.0368. The fourth-order valence-corrected chi connectivity index (χ4v) is 5.51. The van der Waals surface area contributed by atoms with Crippen molar-refractivity contribution in [2.45, 2.75) is 106 Å². The van der Waals surface area contributed by atoms with Crippen molar-refractivity contribution in [3.8, 4) is 0 Å². The zero-order chi connectivity index (χ0) is 37.4. The number of nitrogens with two attached hydrogens (primary N) is 1. The van der Waals surface area contributed by atoms with E-state index in [-0.39, 0.29) is 17.9 Å². The molecule has 2 aromatic rings. The molecule has 1 aliphatic carbocycles. The van der Waals surface area contributed by atoms with Gasteiger partial charge in [0.1, 0.15) is 0 Å². The Morgan fingerprint density at radius 2 is 1.59 bits per heavy atom. The molecule has 2 bridgehead atoms. The first kappa shape index (κ1) is 45.9. The van der Waals surface area contributed by atoms with Crippen molar-refractivity contribution in [3.05, 3.63) is 128 Å². The van der Waals surface area contributed by atoms with Gasteiger partial charge in [-0.2, -0.15) is 0 Å². The number of fused-ring (bicyclic) bond motifs is 2. The topological polar surface area (TPSA) is 63.4 Å². The number of amides is 1. The number of aryl methyl sites for hydroxylation is 2. The van der Waals surface area contributed by atoms with Crippen LogP contribution in [-0.2, 0) is 16.0 Å². The van der Waals surface area contributed by atoms with Crippen LogP contribution in [0.3, 0.4) is 0 Å². The summed E-state index contributed by atoms with van der Waals surface area (Å²) >= 11 is 18.0. The Hall–Kier alpha value is -3.11. The molecule has 0 aromatic heterocycles. The molecule has 0 spiro atoms. The van der Waals surface area contributed by atoms with Crippen molar-refractivity contribution in [1.82, 2.24) is 4.90 Å². The quantitative estimate of drug-likeness (QED) is 0.0968. The Bertz CT molecular complexity index is 1440. The zero-order valence-corrected chi connectivity index (χ0v) is 33.2. The number of carbonyl (C=O) groups is 2. The number of piperidine rings is 1. The number of alkyl halides is 1. The van der Waals surface area contributed by atoms with Gasteiger partial charge < -0.3 is 10.6 Å². The Morgan fingerprint density at radius 1 is 1.04 bits per heavy atom. The third kappa shape index (κ3) is 15.5. The smallest absolute Gasteiger partial charge is 0.210 e. The highest BCUT2D eigenvalue weighted by atomic mass is 35.5. The van der Waals surface area contributed by atoms with E-state index in [1.165, 1.54) is 0 Å². The first-order valence-corrected chi connectivity index (χ1v) is 18.5. The SMILES string of the molecule is C/C=C1/C(=O)/C(=C/c2cc(C)c(Cl)c(CC)c2)C2CC1N2C=O.C/C=C\C=C=C(Cl)/C(=C\CC)CCl.CC.CC[C@@H](C)N.c1ccccc1. The second-order valence-corrected chi connectivity index (χ2v) is 12.1. The molecule has 1 amide bonds. The zero-order valence-electron chi connectivity index (χ0n) is 30.9. The lowest BCUT2D eigenvalue weighted by Gasteiger charge is -2.52. The molecule has 2 N–H and O–H groups in total. The number of nitrogens with zero attached hydrogens (tertiary/aromatic N) is 1. The average molecular weight is 728 g/mol. The first-order valence-electron chi connectivity index (χ1n) is 17.2. The van der Waals surface area contributed by atoms with Gasteiger partial charge in [-0.05, 0) is 87.8 Å². The van der Waals surface area contributed by atoms with E-state index in [4.69, 9.17) is 40.5 Å². The molecule has 4 nitrogen and oxygen atoms in total. The van der Waals surface area contributed by atoms with Crippen LogP contribution in [0, 0.1) is 6.92 Å². The molecule has 2 aromatic carbocycles. The van der Waals surface area contributed by atoms with Crippen molar-refractivity contribution >= 4 is 53.1 Å². The summed E-state index contributed by atoms with van der Waals surface area (Å²) in [5, 5.41) is 1.38. The lowest BCUT2D eigenvalue weighted by molar-refractivity contribution is -0.131. The minimum Gasteiger partial charge on any atom is -0.331 e. The van der Waals surface area contributed by atoms with Gasteiger partial charge >= 0.3 is 0 Å². The summed E-state index contributed by atoms with van der Waals surface area (Å²) in [7, 11) is 0. The van der Waals surface area contributed by atoms with Crippen LogP contribution in [0.4, 0.5) is 0 Å². The van der Waals surface area contributed by atoms with E-state index >= 15 is 0 Å². The van der Waals surface area contributed by atoms with Crippen LogP contribution in [0.2, 0.25) is 5.02 Å². The maximum absolute atomic E-state index is 12.7. The number of hydrogen-bond donors (Lipinski definition) is 1. The lowest BCUT2D eigenvalue weighted by Crippen LogP contribution is -2.62. The van der Waals surface area contributed by atoms with E-state index in [2.05, 4.69) is 19.6 Å². The van der Waals surface area contributed by atoms with E-state index in [1.807, 2.05) is 127 Å². The summed E-state index contributed by atoms with van der Waals surface area (Å²) in [6.45, 7) is 18.0. The Balaban J connectivity index is 0.000000742. The monoisotopic (exact) mass is 726 g/mol. The number of carbonyl (C=O) groups excluding carboxylic acids is 2. The van der Waals surface area contributed by atoms with Crippen molar-refractivity contribution in [2.75, 3.05) is 5.88 Å². The highest BCUT2D eigenvalue weighted by molar-refractivity contribution is 6.33. The van der Waals surface area contributed by atoms with Gasteiger partial charge in [0.05, 0.1) is 17.1 Å². The average Bonchev–Trinajstić information content (AvgIpc) is 3.11. The van der Waals surface area contributed by atoms with Gasteiger partial charge in [0.2, 0.25) is 6.41 Å². The first-order chi connectivity index (χ1) is 23.5. The predicted octanol–water partition coefficient (Wildman–Crippen LogP) is 11.6. The van der Waals surface area contributed by atoms with Crippen LogP contribution in [0.25, 0.3) is 6.08 Å². The van der Waals surface area contributed by atoms with Crippen LogP contribution < -0.4 is 5.73 Å². The summed E-state index contributed by atoms with van der Waals surface area (Å²) in [6, 6.07) is 16.3. The number of hydrogen-bond acceptors (Lipinski definition) is 3. The largest absolute Gasteiger partial charge is 0.331 e. The normalized spacial score (nSPS) is 18.2. The third-order valence-electron chi connectivity index (χ3n) is 7.58. The minimum atomic E-state index is -0.0882. The summed E-state index contributed by atoms with van der Waals surface area (Å²) < 4.78 is 0. The molecule has 1 saturated carbocycles. The molecule has 268 valence electrons. The van der Waals surface area contributed by atoms with E-state index < -0.39 is 0 Å². The van der Waals surface area contributed by atoms with Gasteiger partial charge in [0, 0.05) is 28.1 Å². The molecule has 2 unspecified atom stereocenters. The van der Waals surface area contributed by atoms with Crippen LogP contribution in [0.5, 0.6) is 0 Å². The van der Waals surface area contributed by atoms with Crippen molar-refractivity contribution in [2.24, 2.45) is 5.73 Å². The number of benzene rings is 2. The summed E-state index contributed by atoms with van der Waals surface area (Å²) in [5.41, 5.74) is 13.7. The number of rotatable bonds is 8. The van der Waals surface area contributed by atoms with Crippen molar-refractivity contribution in [1.29, 1.82) is 0 Å². The van der Waals surface area contributed by atoms with Gasteiger partial charge in [-0.25, -0.2) is 0 Å². The Labute approximate surface area is 312 Å². The van der Waals surface area contributed by atoms with Gasteiger partial charge in [0.15, 0.2) is 5.78 Å². The Kier molecular flexibility index (Phi) is 25.0. The number of ketones is 1.